The minimum Gasteiger partial charge on any atom is -0.463 e. The highest BCUT2D eigenvalue weighted by Crippen LogP contribution is 2.24. The molecule has 0 radical (unpaired) electrons. The molecule has 2 saturated heterocycles. The second kappa shape index (κ2) is 31.1. The van der Waals surface area contributed by atoms with Gasteiger partial charge in [0.1, 0.15) is 12.6 Å². The third-order valence-electron chi connectivity index (χ3n) is 14.5. The fourth-order valence-corrected chi connectivity index (χ4v) is 9.67. The molecular weight excluding hydrogens is 993 g/mol. The average Bonchev–Trinajstić information content (AvgIpc) is 4.16. The van der Waals surface area contributed by atoms with Gasteiger partial charge < -0.3 is 50.3 Å². The van der Waals surface area contributed by atoms with E-state index in [4.69, 9.17) is 9.47 Å². The fourth-order valence-electron chi connectivity index (χ4n) is 9.67. The second-order valence-corrected chi connectivity index (χ2v) is 20.1. The summed E-state index contributed by atoms with van der Waals surface area (Å²) in [4.78, 5) is 116. The largest absolute Gasteiger partial charge is 0.463 e. The van der Waals surface area contributed by atoms with Gasteiger partial charge in [-0.05, 0) is 115 Å². The Morgan fingerprint density at radius 3 is 1.44 bits per heavy atom. The highest BCUT2D eigenvalue weighted by Gasteiger charge is 2.39. The fraction of sp³-hybridized carbons (Fsp3) is 0.467. The molecule has 78 heavy (non-hydrogen) atoms. The standard InChI is InChI=1S/C60H78N8O10/c1-43(61-3)54(71)63-51(59(75)67-36-20-30-49(67)40-65(38-34-45-22-10-5-11-23-45)57(73)47-26-14-7-15-27-47)42-77-52(69)32-18-9-19-33-53(70)78-56(64-55(72)44(2)62-4)60(76)68-37-21-31-50(68)41-66(39-35-46-24-12-6-13-25-46)58(74)48-28-16-8-17-29-48/h5-8,10-17,22-29,43-44,49-51,56,61-62H,9,18-21,30-42H2,1-4H3,(H,63,71)(H,64,72)/t43-,44-,49-,50-,51-,56?/m0/s1. The maximum absolute atomic E-state index is 14.4. The van der Waals surface area contributed by atoms with Crippen molar-refractivity contribution in [3.63, 3.8) is 0 Å². The van der Waals surface area contributed by atoms with Gasteiger partial charge in [-0.15, -0.1) is 0 Å². The van der Waals surface area contributed by atoms with Crippen molar-refractivity contribution in [1.29, 1.82) is 0 Å². The van der Waals surface area contributed by atoms with Crippen LogP contribution in [0.15, 0.2) is 121 Å². The number of hydrogen-bond acceptors (Lipinski definition) is 12. The molecule has 4 aromatic carbocycles. The van der Waals surface area contributed by atoms with E-state index in [9.17, 15) is 38.4 Å². The van der Waals surface area contributed by atoms with Crippen LogP contribution in [-0.4, -0.2) is 163 Å². The molecular formula is C60H78N8O10. The molecule has 1 unspecified atom stereocenters. The number of carbonyl (C=O) groups is 8. The van der Waals surface area contributed by atoms with Crippen LogP contribution in [0.5, 0.6) is 0 Å². The molecule has 2 fully saturated rings. The van der Waals surface area contributed by atoms with Gasteiger partial charge in [0.15, 0.2) is 0 Å². The summed E-state index contributed by atoms with van der Waals surface area (Å²) in [6.07, 6.45) is 3.09. The lowest BCUT2D eigenvalue weighted by atomic mass is 10.1. The molecule has 18 heteroatoms. The number of likely N-dealkylation sites (N-methyl/N-ethyl adjacent to an activating group) is 2. The van der Waals surface area contributed by atoms with Gasteiger partial charge in [0.05, 0.1) is 12.1 Å². The van der Waals surface area contributed by atoms with Gasteiger partial charge in [-0.25, -0.2) is 0 Å². The minimum atomic E-state index is -1.61. The van der Waals surface area contributed by atoms with Crippen molar-refractivity contribution < 1.29 is 47.8 Å². The first-order valence-corrected chi connectivity index (χ1v) is 27.4. The van der Waals surface area contributed by atoms with Crippen molar-refractivity contribution in [3.05, 3.63) is 144 Å². The zero-order chi connectivity index (χ0) is 55.8. The maximum atomic E-state index is 14.4. The molecule has 2 aliphatic heterocycles. The average molecular weight is 1070 g/mol. The summed E-state index contributed by atoms with van der Waals surface area (Å²) < 4.78 is 11.3. The Bertz CT molecular complexity index is 2580. The van der Waals surface area contributed by atoms with Crippen LogP contribution in [-0.2, 0) is 51.1 Å². The summed E-state index contributed by atoms with van der Waals surface area (Å²) in [6.45, 7) is 4.97. The van der Waals surface area contributed by atoms with Crippen LogP contribution >= 0.6 is 0 Å². The first kappa shape index (κ1) is 59.8. The highest BCUT2D eigenvalue weighted by molar-refractivity contribution is 5.95. The van der Waals surface area contributed by atoms with Gasteiger partial charge in [-0.2, -0.15) is 0 Å². The van der Waals surface area contributed by atoms with Gasteiger partial charge in [0.2, 0.25) is 17.7 Å². The Morgan fingerprint density at radius 2 is 0.974 bits per heavy atom. The molecule has 0 spiro atoms. The van der Waals surface area contributed by atoms with Crippen molar-refractivity contribution in [2.45, 2.75) is 121 Å². The van der Waals surface area contributed by atoms with Crippen LogP contribution in [0.1, 0.15) is 103 Å². The third-order valence-corrected chi connectivity index (χ3v) is 14.5. The van der Waals surface area contributed by atoms with Crippen LogP contribution in [0.25, 0.3) is 0 Å². The smallest absolute Gasteiger partial charge is 0.308 e. The number of unbranched alkanes of at least 4 members (excludes halogenated alkanes) is 2. The Labute approximate surface area is 458 Å². The van der Waals surface area contributed by atoms with Gasteiger partial charge in [-0.3, -0.25) is 38.4 Å². The molecule has 2 aliphatic rings. The van der Waals surface area contributed by atoms with Crippen LogP contribution in [0.4, 0.5) is 0 Å². The number of nitrogens with one attached hydrogen (secondary N) is 4. The van der Waals surface area contributed by atoms with Gasteiger partial charge in [0, 0.05) is 75.3 Å². The highest BCUT2D eigenvalue weighted by atomic mass is 16.6. The molecule has 2 heterocycles. The van der Waals surface area contributed by atoms with E-state index in [0.29, 0.717) is 95.1 Å². The lowest BCUT2D eigenvalue weighted by Gasteiger charge is -2.33. The van der Waals surface area contributed by atoms with E-state index >= 15 is 0 Å². The quantitative estimate of drug-likeness (QED) is 0.0324. The predicted octanol–water partition coefficient (Wildman–Crippen LogP) is 4.92. The summed E-state index contributed by atoms with van der Waals surface area (Å²) in [7, 11) is 3.22. The van der Waals surface area contributed by atoms with Crippen molar-refractivity contribution in [2.75, 3.05) is 60.0 Å². The summed E-state index contributed by atoms with van der Waals surface area (Å²) in [5.41, 5.74) is 3.21. The summed E-state index contributed by atoms with van der Waals surface area (Å²) in [5, 5.41) is 11.1. The molecule has 0 aliphatic carbocycles. The van der Waals surface area contributed by atoms with Crippen LogP contribution < -0.4 is 21.3 Å². The normalized spacial score (nSPS) is 16.5. The Hall–Kier alpha value is -7.44. The molecule has 4 N–H and O–H groups in total. The zero-order valence-electron chi connectivity index (χ0n) is 45.6. The Balaban J connectivity index is 1.02. The van der Waals surface area contributed by atoms with E-state index in [1.54, 1.807) is 83.9 Å². The lowest BCUT2D eigenvalue weighted by Crippen LogP contribution is -2.56. The SMILES string of the molecule is CN[C@@H](C)C(=O)NC(OC(=O)CCCCCC(=O)OC[C@H](NC(=O)[C@H](C)NC)C(=O)N1CCC[C@H]1CN(CCc1ccccc1)C(=O)c1ccccc1)C(=O)N1CCC[C@H]1CN(CCc1ccccc1)C(=O)c1ccccc1. The lowest BCUT2D eigenvalue weighted by molar-refractivity contribution is -0.165. The van der Waals surface area contributed by atoms with E-state index in [2.05, 4.69) is 21.3 Å². The first-order chi connectivity index (χ1) is 37.8. The van der Waals surface area contributed by atoms with Crippen molar-refractivity contribution >= 4 is 47.4 Å². The number of amides is 6. The topological polar surface area (TPSA) is 216 Å². The molecule has 6 amide bonds. The van der Waals surface area contributed by atoms with E-state index in [1.165, 1.54) is 0 Å². The van der Waals surface area contributed by atoms with Gasteiger partial charge in [-0.1, -0.05) is 103 Å². The van der Waals surface area contributed by atoms with Crippen LogP contribution in [0.2, 0.25) is 0 Å². The summed E-state index contributed by atoms with van der Waals surface area (Å²) in [6, 6.07) is 34.4. The monoisotopic (exact) mass is 1070 g/mol. The molecule has 6 atom stereocenters. The molecule has 6 rings (SSSR count). The number of hydrogen-bond donors (Lipinski definition) is 4. The maximum Gasteiger partial charge on any atom is 0.308 e. The van der Waals surface area contributed by atoms with E-state index in [1.807, 2.05) is 84.9 Å². The number of likely N-dealkylation sites (tertiary alicyclic amines) is 2. The Morgan fingerprint density at radius 1 is 0.551 bits per heavy atom. The molecule has 0 saturated carbocycles. The van der Waals surface area contributed by atoms with Gasteiger partial charge in [0.25, 0.3) is 23.9 Å². The second-order valence-electron chi connectivity index (χ2n) is 20.1. The van der Waals surface area contributed by atoms with Crippen molar-refractivity contribution in [3.8, 4) is 0 Å². The van der Waals surface area contributed by atoms with Crippen molar-refractivity contribution in [1.82, 2.24) is 40.9 Å². The number of nitrogens with zero attached hydrogens (tertiary/aromatic N) is 4. The van der Waals surface area contributed by atoms with Crippen LogP contribution in [0, 0.1) is 0 Å². The molecule has 0 bridgehead atoms. The Kier molecular flexibility index (Phi) is 23.8. The van der Waals surface area contributed by atoms with Crippen molar-refractivity contribution in [2.24, 2.45) is 0 Å². The van der Waals surface area contributed by atoms with E-state index < -0.39 is 72.6 Å². The third kappa shape index (κ3) is 18.1. The number of carbonyl (C=O) groups excluding carboxylic acids is 8. The van der Waals surface area contributed by atoms with Crippen LogP contribution in [0.3, 0.4) is 0 Å². The summed E-state index contributed by atoms with van der Waals surface area (Å²) >= 11 is 0. The van der Waals surface area contributed by atoms with E-state index in [-0.39, 0.29) is 43.8 Å². The summed E-state index contributed by atoms with van der Waals surface area (Å²) in [5.74, 6) is -3.62. The molecule has 18 nitrogen and oxygen atoms in total. The minimum absolute atomic E-state index is 0.0360. The molecule has 418 valence electrons. The number of benzene rings is 4. The predicted molar refractivity (Wildman–Crippen MR) is 295 cm³/mol. The number of ether oxygens (including phenoxy) is 2. The first-order valence-electron chi connectivity index (χ1n) is 27.4. The number of rotatable bonds is 29. The number of esters is 2. The molecule has 0 aromatic heterocycles. The van der Waals surface area contributed by atoms with Gasteiger partial charge >= 0.3 is 11.9 Å². The van der Waals surface area contributed by atoms with E-state index in [0.717, 1.165) is 11.1 Å². The zero-order valence-corrected chi connectivity index (χ0v) is 45.6. The molecule has 4 aromatic rings.